The number of methoxy groups -OCH3 is 1. The van der Waals surface area contributed by atoms with Crippen molar-refractivity contribution in [3.05, 3.63) is 52.5 Å². The Morgan fingerprint density at radius 1 is 1.09 bits per heavy atom. The molecule has 1 saturated heterocycles. The number of hydrogen-bond acceptors (Lipinski definition) is 5. The lowest BCUT2D eigenvalue weighted by Gasteiger charge is -2.19. The standard InChI is InChI=1S/C23H25ClN2O5S/c1-14-18(24)8-5-9-19(14)25-32(29,30)21-12-15(10-11-20(21)31-2)13-26-22(27)16-6-3-4-7-17(16)23(26)28/h5,8-12,16-17,25H,3-4,6-7,13H2,1-2H3. The van der Waals surface area contributed by atoms with Gasteiger partial charge in [0, 0.05) is 5.02 Å². The van der Waals surface area contributed by atoms with Gasteiger partial charge in [0.1, 0.15) is 10.6 Å². The summed E-state index contributed by atoms with van der Waals surface area (Å²) in [6.07, 6.45) is 3.37. The quantitative estimate of drug-likeness (QED) is 0.632. The van der Waals surface area contributed by atoms with Gasteiger partial charge in [-0.1, -0.05) is 36.6 Å². The summed E-state index contributed by atoms with van der Waals surface area (Å²) in [4.78, 5) is 26.8. The van der Waals surface area contributed by atoms with Gasteiger partial charge in [0.25, 0.3) is 10.0 Å². The second-order valence-corrected chi connectivity index (χ2v) is 10.3. The fraction of sp³-hybridized carbons (Fsp3) is 0.391. The summed E-state index contributed by atoms with van der Waals surface area (Å²) in [5.74, 6) is -0.649. The Kier molecular flexibility index (Phi) is 6.18. The minimum Gasteiger partial charge on any atom is -0.495 e. The third-order valence-corrected chi connectivity index (χ3v) is 8.10. The summed E-state index contributed by atoms with van der Waals surface area (Å²) in [6, 6.07) is 9.61. The number of anilines is 1. The number of rotatable bonds is 6. The van der Waals surface area contributed by atoms with Gasteiger partial charge in [-0.25, -0.2) is 8.42 Å². The molecule has 7 nitrogen and oxygen atoms in total. The van der Waals surface area contributed by atoms with Gasteiger partial charge in [-0.2, -0.15) is 0 Å². The summed E-state index contributed by atoms with van der Waals surface area (Å²) in [5.41, 5.74) is 1.50. The van der Waals surface area contributed by atoms with Gasteiger partial charge >= 0.3 is 0 Å². The van der Waals surface area contributed by atoms with Crippen LogP contribution in [-0.4, -0.2) is 32.2 Å². The molecule has 0 radical (unpaired) electrons. The van der Waals surface area contributed by atoms with E-state index in [1.165, 1.54) is 24.1 Å². The number of likely N-dealkylation sites (tertiary alicyclic amines) is 1. The molecular weight excluding hydrogens is 452 g/mol. The van der Waals surface area contributed by atoms with E-state index in [1.807, 2.05) is 0 Å². The van der Waals surface area contributed by atoms with E-state index >= 15 is 0 Å². The van der Waals surface area contributed by atoms with Crippen molar-refractivity contribution in [2.75, 3.05) is 11.8 Å². The minimum absolute atomic E-state index is 0.0351. The van der Waals surface area contributed by atoms with Crippen LogP contribution in [0.5, 0.6) is 5.75 Å². The van der Waals surface area contributed by atoms with E-state index in [0.717, 1.165) is 25.7 Å². The Hall–Kier alpha value is -2.58. The molecule has 32 heavy (non-hydrogen) atoms. The molecule has 9 heteroatoms. The lowest BCUT2D eigenvalue weighted by molar-refractivity contribution is -0.140. The Bertz CT molecular complexity index is 1160. The fourth-order valence-corrected chi connectivity index (χ4v) is 6.03. The molecule has 4 rings (SSSR count). The van der Waals surface area contributed by atoms with E-state index in [2.05, 4.69) is 4.72 Å². The highest BCUT2D eigenvalue weighted by Crippen LogP contribution is 2.39. The van der Waals surface area contributed by atoms with Gasteiger partial charge < -0.3 is 4.74 Å². The number of benzene rings is 2. The topological polar surface area (TPSA) is 92.8 Å². The predicted molar refractivity (Wildman–Crippen MR) is 121 cm³/mol. The molecule has 1 saturated carbocycles. The average molecular weight is 477 g/mol. The van der Waals surface area contributed by atoms with Crippen molar-refractivity contribution in [3.63, 3.8) is 0 Å². The highest BCUT2D eigenvalue weighted by atomic mass is 35.5. The van der Waals surface area contributed by atoms with Crippen LogP contribution in [0.2, 0.25) is 5.02 Å². The van der Waals surface area contributed by atoms with Gasteiger partial charge in [-0.05, 0) is 55.2 Å². The second-order valence-electron chi connectivity index (χ2n) is 8.26. The number of carbonyl (C=O) groups excluding carboxylic acids is 2. The zero-order valence-electron chi connectivity index (χ0n) is 17.9. The van der Waals surface area contributed by atoms with Crippen molar-refractivity contribution >= 4 is 39.1 Å². The molecule has 2 atom stereocenters. The molecule has 1 heterocycles. The van der Waals surface area contributed by atoms with Crippen molar-refractivity contribution in [2.24, 2.45) is 11.8 Å². The van der Waals surface area contributed by atoms with Crippen LogP contribution in [0, 0.1) is 18.8 Å². The van der Waals surface area contributed by atoms with E-state index in [1.54, 1.807) is 31.2 Å². The van der Waals surface area contributed by atoms with Crippen molar-refractivity contribution in [2.45, 2.75) is 44.0 Å². The molecule has 2 unspecified atom stereocenters. The molecule has 0 spiro atoms. The highest BCUT2D eigenvalue weighted by Gasteiger charge is 2.47. The first-order chi connectivity index (χ1) is 15.2. The number of sulfonamides is 1. The smallest absolute Gasteiger partial charge is 0.265 e. The molecule has 1 N–H and O–H groups in total. The monoisotopic (exact) mass is 476 g/mol. The molecule has 2 aliphatic rings. The molecule has 0 bridgehead atoms. The summed E-state index contributed by atoms with van der Waals surface area (Å²) in [5, 5.41) is 0.443. The Morgan fingerprint density at radius 2 is 1.75 bits per heavy atom. The average Bonchev–Trinajstić information content (AvgIpc) is 3.02. The summed E-state index contributed by atoms with van der Waals surface area (Å²) in [6.45, 7) is 1.76. The number of amides is 2. The first-order valence-electron chi connectivity index (χ1n) is 10.5. The van der Waals surface area contributed by atoms with Crippen molar-refractivity contribution < 1.29 is 22.7 Å². The number of imide groups is 1. The molecule has 2 fully saturated rings. The second kappa shape index (κ2) is 8.75. The number of hydrogen-bond donors (Lipinski definition) is 1. The Morgan fingerprint density at radius 3 is 2.38 bits per heavy atom. The first kappa shape index (κ1) is 22.6. The van der Waals surface area contributed by atoms with E-state index in [9.17, 15) is 18.0 Å². The van der Waals surface area contributed by atoms with Gasteiger partial charge in [-0.3, -0.25) is 19.2 Å². The van der Waals surface area contributed by atoms with Crippen LogP contribution >= 0.6 is 11.6 Å². The SMILES string of the molecule is COc1ccc(CN2C(=O)C3CCCCC3C2=O)cc1S(=O)(=O)Nc1cccc(Cl)c1C. The fourth-order valence-electron chi connectivity index (χ4n) is 4.52. The molecular formula is C23H25ClN2O5S. The van der Waals surface area contributed by atoms with Gasteiger partial charge in [0.2, 0.25) is 11.8 Å². The summed E-state index contributed by atoms with van der Waals surface area (Å²) >= 11 is 6.12. The third-order valence-electron chi connectivity index (χ3n) is 6.30. The van der Waals surface area contributed by atoms with Gasteiger partial charge in [0.15, 0.2) is 0 Å². The number of nitrogens with one attached hydrogen (secondary N) is 1. The summed E-state index contributed by atoms with van der Waals surface area (Å²) < 4.78 is 34.2. The van der Waals surface area contributed by atoms with Crippen molar-refractivity contribution in [1.29, 1.82) is 0 Å². The van der Waals surface area contributed by atoms with Gasteiger partial charge in [-0.15, -0.1) is 0 Å². The van der Waals surface area contributed by atoms with Crippen LogP contribution in [0.25, 0.3) is 0 Å². The molecule has 2 aromatic rings. The Labute approximate surface area is 192 Å². The molecule has 0 aromatic heterocycles. The largest absolute Gasteiger partial charge is 0.495 e. The van der Waals surface area contributed by atoms with Gasteiger partial charge in [0.05, 0.1) is 31.2 Å². The Balaban J connectivity index is 1.63. The van der Waals surface area contributed by atoms with E-state index < -0.39 is 10.0 Å². The van der Waals surface area contributed by atoms with E-state index in [-0.39, 0.29) is 40.8 Å². The minimum atomic E-state index is -4.02. The number of fused-ring (bicyclic) bond motifs is 1. The maximum absolute atomic E-state index is 13.2. The maximum atomic E-state index is 13.2. The first-order valence-corrected chi connectivity index (χ1v) is 12.4. The van der Waals surface area contributed by atoms with Crippen LogP contribution in [0.15, 0.2) is 41.3 Å². The normalized spacial score (nSPS) is 20.9. The number of nitrogens with zero attached hydrogens (tertiary/aromatic N) is 1. The number of halogens is 1. The molecule has 1 aliphatic carbocycles. The van der Waals surface area contributed by atoms with Crippen LogP contribution < -0.4 is 9.46 Å². The van der Waals surface area contributed by atoms with E-state index in [4.69, 9.17) is 16.3 Å². The molecule has 1 aliphatic heterocycles. The zero-order chi connectivity index (χ0) is 23.0. The molecule has 2 amide bonds. The molecule has 2 aromatic carbocycles. The molecule has 170 valence electrons. The van der Waals surface area contributed by atoms with Crippen molar-refractivity contribution in [3.8, 4) is 5.75 Å². The third kappa shape index (κ3) is 4.09. The van der Waals surface area contributed by atoms with Crippen molar-refractivity contribution in [1.82, 2.24) is 4.90 Å². The predicted octanol–water partition coefficient (Wildman–Crippen LogP) is 4.13. The van der Waals surface area contributed by atoms with Crippen LogP contribution in [0.4, 0.5) is 5.69 Å². The summed E-state index contributed by atoms with van der Waals surface area (Å²) in [7, 11) is -2.64. The number of ether oxygens (including phenoxy) is 1. The lowest BCUT2D eigenvalue weighted by Crippen LogP contribution is -2.30. The number of carbonyl (C=O) groups is 2. The highest BCUT2D eigenvalue weighted by molar-refractivity contribution is 7.92. The maximum Gasteiger partial charge on any atom is 0.265 e. The lowest BCUT2D eigenvalue weighted by atomic mass is 9.81. The zero-order valence-corrected chi connectivity index (χ0v) is 19.5. The van der Waals surface area contributed by atoms with Crippen LogP contribution in [-0.2, 0) is 26.2 Å². The van der Waals surface area contributed by atoms with Crippen LogP contribution in [0.3, 0.4) is 0 Å². The van der Waals surface area contributed by atoms with E-state index in [0.29, 0.717) is 21.8 Å². The van der Waals surface area contributed by atoms with Crippen LogP contribution in [0.1, 0.15) is 36.8 Å².